The van der Waals surface area contributed by atoms with Crippen LogP contribution in [0.2, 0.25) is 0 Å². The van der Waals surface area contributed by atoms with Gasteiger partial charge in [-0.15, -0.1) is 0 Å². The monoisotopic (exact) mass is 319 g/mol. The Morgan fingerprint density at radius 3 is 2.33 bits per heavy atom. The lowest BCUT2D eigenvalue weighted by Gasteiger charge is -2.07. The Labute approximate surface area is 142 Å². The summed E-state index contributed by atoms with van der Waals surface area (Å²) in [4.78, 5) is 12.6. The average Bonchev–Trinajstić information content (AvgIpc) is 2.84. The predicted octanol–water partition coefficient (Wildman–Crippen LogP) is 4.11. The summed E-state index contributed by atoms with van der Waals surface area (Å²) in [6.07, 6.45) is 0. The molecule has 4 nitrogen and oxygen atoms in total. The average molecular weight is 319 g/mol. The van der Waals surface area contributed by atoms with Crippen molar-refractivity contribution in [2.45, 2.75) is 27.3 Å². The highest BCUT2D eigenvalue weighted by Crippen LogP contribution is 2.17. The van der Waals surface area contributed by atoms with Gasteiger partial charge in [0.2, 0.25) is 0 Å². The number of hydrogen-bond donors (Lipinski definition) is 1. The zero-order valence-electron chi connectivity index (χ0n) is 14.2. The van der Waals surface area contributed by atoms with Gasteiger partial charge in [0.05, 0.1) is 17.8 Å². The number of aromatic nitrogens is 2. The molecule has 0 aliphatic heterocycles. The third kappa shape index (κ3) is 3.38. The van der Waals surface area contributed by atoms with E-state index in [0.29, 0.717) is 12.1 Å². The third-order valence-electron chi connectivity index (χ3n) is 4.09. The lowest BCUT2D eigenvalue weighted by Crippen LogP contribution is -2.14. The highest BCUT2D eigenvalue weighted by Gasteiger charge is 2.18. The fourth-order valence-corrected chi connectivity index (χ4v) is 2.77. The second-order valence-corrected chi connectivity index (χ2v) is 6.01. The summed E-state index contributed by atoms with van der Waals surface area (Å²) in [5, 5.41) is 7.49. The van der Waals surface area contributed by atoms with Crippen LogP contribution in [-0.2, 0) is 6.54 Å². The number of anilines is 1. The number of carbonyl (C=O) groups is 1. The van der Waals surface area contributed by atoms with Crippen LogP contribution in [0, 0.1) is 20.8 Å². The van der Waals surface area contributed by atoms with Gasteiger partial charge < -0.3 is 5.32 Å². The Morgan fingerprint density at radius 1 is 1.00 bits per heavy atom. The number of nitrogens with one attached hydrogen (secondary N) is 1. The van der Waals surface area contributed by atoms with E-state index in [0.717, 1.165) is 28.2 Å². The number of nitrogens with zero attached hydrogens (tertiary/aromatic N) is 2. The molecule has 24 heavy (non-hydrogen) atoms. The molecule has 0 saturated heterocycles. The molecule has 1 amide bonds. The van der Waals surface area contributed by atoms with E-state index in [1.54, 1.807) is 0 Å². The van der Waals surface area contributed by atoms with Crippen LogP contribution >= 0.6 is 0 Å². The van der Waals surface area contributed by atoms with Crippen molar-refractivity contribution in [1.82, 2.24) is 9.78 Å². The van der Waals surface area contributed by atoms with Crippen molar-refractivity contribution >= 4 is 11.6 Å². The number of rotatable bonds is 4. The third-order valence-corrected chi connectivity index (χ3v) is 4.09. The number of amides is 1. The molecule has 0 aliphatic carbocycles. The lowest BCUT2D eigenvalue weighted by atomic mass is 10.1. The van der Waals surface area contributed by atoms with Crippen molar-refractivity contribution in [2.24, 2.45) is 0 Å². The zero-order valence-corrected chi connectivity index (χ0v) is 14.2. The van der Waals surface area contributed by atoms with Gasteiger partial charge in [-0.1, -0.05) is 48.0 Å². The summed E-state index contributed by atoms with van der Waals surface area (Å²) in [7, 11) is 0. The number of hydrogen-bond acceptors (Lipinski definition) is 2. The minimum Gasteiger partial charge on any atom is -0.322 e. The molecule has 0 fully saturated rings. The standard InChI is InChI=1S/C20H21N3O/c1-14-9-11-18(12-10-14)21-20(24)19-15(2)22-23(16(19)3)13-17-7-5-4-6-8-17/h4-12H,13H2,1-3H3,(H,21,24). The lowest BCUT2D eigenvalue weighted by molar-refractivity contribution is 0.102. The van der Waals surface area contributed by atoms with Gasteiger partial charge in [-0.05, 0) is 38.5 Å². The molecule has 0 aliphatic rings. The van der Waals surface area contributed by atoms with Crippen LogP contribution in [0.4, 0.5) is 5.69 Å². The molecule has 0 bridgehead atoms. The molecular formula is C20H21N3O. The Balaban J connectivity index is 1.83. The van der Waals surface area contributed by atoms with Gasteiger partial charge in [0.15, 0.2) is 0 Å². The fraction of sp³-hybridized carbons (Fsp3) is 0.200. The van der Waals surface area contributed by atoms with E-state index in [2.05, 4.69) is 22.5 Å². The molecule has 0 spiro atoms. The van der Waals surface area contributed by atoms with Crippen LogP contribution in [0.5, 0.6) is 0 Å². The first-order valence-electron chi connectivity index (χ1n) is 8.00. The SMILES string of the molecule is Cc1ccc(NC(=O)c2c(C)nn(Cc3ccccc3)c2C)cc1. The first-order chi connectivity index (χ1) is 11.5. The summed E-state index contributed by atoms with van der Waals surface area (Å²) < 4.78 is 1.88. The van der Waals surface area contributed by atoms with Gasteiger partial charge in [0.1, 0.15) is 0 Å². The van der Waals surface area contributed by atoms with Gasteiger partial charge in [0.25, 0.3) is 5.91 Å². The summed E-state index contributed by atoms with van der Waals surface area (Å²) in [6, 6.07) is 17.9. The van der Waals surface area contributed by atoms with Crippen LogP contribution in [0.15, 0.2) is 54.6 Å². The van der Waals surface area contributed by atoms with E-state index in [1.807, 2.05) is 67.9 Å². The van der Waals surface area contributed by atoms with Crippen LogP contribution in [0.3, 0.4) is 0 Å². The van der Waals surface area contributed by atoms with Crippen molar-refractivity contribution in [1.29, 1.82) is 0 Å². The van der Waals surface area contributed by atoms with E-state index >= 15 is 0 Å². The fourth-order valence-electron chi connectivity index (χ4n) is 2.77. The molecule has 3 rings (SSSR count). The Bertz CT molecular complexity index is 849. The molecule has 2 aromatic carbocycles. The summed E-state index contributed by atoms with van der Waals surface area (Å²) in [6.45, 7) is 6.49. The summed E-state index contributed by atoms with van der Waals surface area (Å²) in [5.41, 5.74) is 5.38. The number of aryl methyl sites for hydroxylation is 2. The topological polar surface area (TPSA) is 46.9 Å². The van der Waals surface area contributed by atoms with E-state index in [-0.39, 0.29) is 5.91 Å². The molecule has 4 heteroatoms. The van der Waals surface area contributed by atoms with Crippen LogP contribution < -0.4 is 5.32 Å². The Morgan fingerprint density at radius 2 is 1.67 bits per heavy atom. The van der Waals surface area contributed by atoms with Crippen LogP contribution in [-0.4, -0.2) is 15.7 Å². The van der Waals surface area contributed by atoms with Gasteiger partial charge in [-0.2, -0.15) is 5.10 Å². The maximum atomic E-state index is 12.6. The zero-order chi connectivity index (χ0) is 17.1. The Hall–Kier alpha value is -2.88. The molecule has 1 heterocycles. The molecule has 0 saturated carbocycles. The number of benzene rings is 2. The number of carbonyl (C=O) groups excluding carboxylic acids is 1. The maximum Gasteiger partial charge on any atom is 0.259 e. The largest absolute Gasteiger partial charge is 0.322 e. The first kappa shape index (κ1) is 16.0. The molecule has 122 valence electrons. The molecule has 1 N–H and O–H groups in total. The molecule has 0 radical (unpaired) electrons. The van der Waals surface area contributed by atoms with Gasteiger partial charge in [0, 0.05) is 11.4 Å². The Kier molecular flexibility index (Phi) is 4.47. The predicted molar refractivity (Wildman–Crippen MR) is 96.4 cm³/mol. The highest BCUT2D eigenvalue weighted by atomic mass is 16.1. The minimum absolute atomic E-state index is 0.117. The summed E-state index contributed by atoms with van der Waals surface area (Å²) >= 11 is 0. The van der Waals surface area contributed by atoms with Gasteiger partial charge in [-0.25, -0.2) is 0 Å². The minimum atomic E-state index is -0.117. The van der Waals surface area contributed by atoms with Gasteiger partial charge in [-0.3, -0.25) is 9.48 Å². The quantitative estimate of drug-likeness (QED) is 0.786. The molecule has 0 unspecified atom stereocenters. The second-order valence-electron chi connectivity index (χ2n) is 6.01. The van der Waals surface area contributed by atoms with E-state index in [4.69, 9.17) is 0 Å². The highest BCUT2D eigenvalue weighted by molar-refractivity contribution is 6.05. The van der Waals surface area contributed by atoms with Crippen molar-refractivity contribution in [3.05, 3.63) is 82.7 Å². The van der Waals surface area contributed by atoms with E-state index in [9.17, 15) is 4.79 Å². The van der Waals surface area contributed by atoms with Crippen LogP contribution in [0.1, 0.15) is 32.9 Å². The molecule has 3 aromatic rings. The van der Waals surface area contributed by atoms with Crippen molar-refractivity contribution in [3.63, 3.8) is 0 Å². The first-order valence-corrected chi connectivity index (χ1v) is 8.00. The van der Waals surface area contributed by atoms with Crippen molar-refractivity contribution < 1.29 is 4.79 Å². The van der Waals surface area contributed by atoms with E-state index < -0.39 is 0 Å². The summed E-state index contributed by atoms with van der Waals surface area (Å²) in [5.74, 6) is -0.117. The molecule has 1 aromatic heterocycles. The molecular weight excluding hydrogens is 298 g/mol. The van der Waals surface area contributed by atoms with Crippen LogP contribution in [0.25, 0.3) is 0 Å². The smallest absolute Gasteiger partial charge is 0.259 e. The van der Waals surface area contributed by atoms with Crippen molar-refractivity contribution in [2.75, 3.05) is 5.32 Å². The maximum absolute atomic E-state index is 12.6. The normalized spacial score (nSPS) is 10.6. The van der Waals surface area contributed by atoms with E-state index in [1.165, 1.54) is 0 Å². The second kappa shape index (κ2) is 6.71. The van der Waals surface area contributed by atoms with Gasteiger partial charge >= 0.3 is 0 Å². The molecule has 0 atom stereocenters. The van der Waals surface area contributed by atoms with Crippen molar-refractivity contribution in [3.8, 4) is 0 Å².